The van der Waals surface area contributed by atoms with Gasteiger partial charge in [-0.05, 0) is 43.5 Å². The summed E-state index contributed by atoms with van der Waals surface area (Å²) in [7, 11) is -2.99. The third-order valence-corrected chi connectivity index (χ3v) is 6.41. The molecule has 1 aliphatic carbocycles. The van der Waals surface area contributed by atoms with E-state index in [1.807, 2.05) is 29.6 Å². The van der Waals surface area contributed by atoms with Gasteiger partial charge in [-0.1, -0.05) is 0 Å². The minimum Gasteiger partial charge on any atom is -0.381 e. The van der Waals surface area contributed by atoms with E-state index in [4.69, 9.17) is 0 Å². The molecular formula is C15H18N2O2S2. The highest BCUT2D eigenvalue weighted by Gasteiger charge is 2.34. The summed E-state index contributed by atoms with van der Waals surface area (Å²) in [4.78, 5) is 4.28. The number of anilines is 1. The summed E-state index contributed by atoms with van der Waals surface area (Å²) < 4.78 is 23.6. The first-order valence-electron chi connectivity index (χ1n) is 6.99. The molecule has 1 heterocycles. The summed E-state index contributed by atoms with van der Waals surface area (Å²) in [5.41, 5.74) is 2.05. The fourth-order valence-corrected chi connectivity index (χ4v) is 4.93. The van der Waals surface area contributed by atoms with Crippen LogP contribution in [0, 0.1) is 0 Å². The molecule has 6 heteroatoms. The van der Waals surface area contributed by atoms with Gasteiger partial charge in [-0.25, -0.2) is 13.4 Å². The maximum absolute atomic E-state index is 11.8. The highest BCUT2D eigenvalue weighted by atomic mass is 32.2. The van der Waals surface area contributed by atoms with Crippen molar-refractivity contribution in [3.05, 3.63) is 35.8 Å². The topological polar surface area (TPSA) is 59.1 Å². The Hall–Kier alpha value is -1.40. The molecule has 21 heavy (non-hydrogen) atoms. The van der Waals surface area contributed by atoms with Crippen molar-refractivity contribution in [2.75, 3.05) is 11.6 Å². The molecule has 112 valence electrons. The van der Waals surface area contributed by atoms with E-state index in [2.05, 4.69) is 10.3 Å². The van der Waals surface area contributed by atoms with Crippen molar-refractivity contribution in [3.63, 3.8) is 0 Å². The van der Waals surface area contributed by atoms with Crippen LogP contribution in [0.3, 0.4) is 0 Å². The van der Waals surface area contributed by atoms with E-state index in [0.29, 0.717) is 0 Å². The molecule has 0 saturated heterocycles. The van der Waals surface area contributed by atoms with Crippen LogP contribution in [-0.2, 0) is 9.84 Å². The largest absolute Gasteiger partial charge is 0.381 e. The lowest BCUT2D eigenvalue weighted by molar-refractivity contribution is 0.579. The zero-order valence-electron chi connectivity index (χ0n) is 11.8. The highest BCUT2D eigenvalue weighted by Crippen LogP contribution is 2.29. The third-order valence-electron chi connectivity index (χ3n) is 3.92. The van der Waals surface area contributed by atoms with Crippen LogP contribution in [-0.4, -0.2) is 30.9 Å². The van der Waals surface area contributed by atoms with Crippen molar-refractivity contribution >= 4 is 26.9 Å². The molecule has 1 N–H and O–H groups in total. The van der Waals surface area contributed by atoms with Gasteiger partial charge >= 0.3 is 0 Å². The van der Waals surface area contributed by atoms with E-state index in [9.17, 15) is 8.42 Å². The minimum atomic E-state index is -2.99. The number of aromatic nitrogens is 1. The first kappa shape index (κ1) is 14.5. The maximum Gasteiger partial charge on any atom is 0.152 e. The van der Waals surface area contributed by atoms with Crippen LogP contribution >= 0.6 is 11.3 Å². The zero-order chi connectivity index (χ0) is 14.9. The van der Waals surface area contributed by atoms with E-state index < -0.39 is 9.84 Å². The van der Waals surface area contributed by atoms with Gasteiger partial charge in [0, 0.05) is 35.1 Å². The summed E-state index contributed by atoms with van der Waals surface area (Å²) in [5, 5.41) is 6.06. The van der Waals surface area contributed by atoms with Crippen LogP contribution in [0.4, 0.5) is 5.69 Å². The molecule has 2 aromatic rings. The zero-order valence-corrected chi connectivity index (χ0v) is 13.5. The first-order valence-corrected chi connectivity index (χ1v) is 9.83. The van der Waals surface area contributed by atoms with Crippen LogP contribution in [0.2, 0.25) is 0 Å². The lowest BCUT2D eigenvalue weighted by Crippen LogP contribution is -2.34. The number of benzene rings is 1. The van der Waals surface area contributed by atoms with E-state index in [1.54, 1.807) is 17.5 Å². The van der Waals surface area contributed by atoms with Crippen molar-refractivity contribution in [1.82, 2.24) is 4.98 Å². The molecular weight excluding hydrogens is 304 g/mol. The highest BCUT2D eigenvalue weighted by molar-refractivity contribution is 7.91. The van der Waals surface area contributed by atoms with Crippen molar-refractivity contribution in [2.45, 2.75) is 30.6 Å². The van der Waals surface area contributed by atoms with Gasteiger partial charge in [0.05, 0.1) is 5.25 Å². The number of nitrogens with zero attached hydrogens (tertiary/aromatic N) is 1. The molecule has 0 bridgehead atoms. The van der Waals surface area contributed by atoms with Crippen molar-refractivity contribution in [3.8, 4) is 10.6 Å². The predicted octanol–water partition coefficient (Wildman–Crippen LogP) is 3.19. The average molecular weight is 322 g/mol. The number of rotatable bonds is 4. The van der Waals surface area contributed by atoms with Crippen LogP contribution in [0.5, 0.6) is 0 Å². The Morgan fingerprint density at radius 1 is 1.24 bits per heavy atom. The van der Waals surface area contributed by atoms with Gasteiger partial charge in [0.15, 0.2) is 9.84 Å². The lowest BCUT2D eigenvalue weighted by atomic mass is 10.2. The average Bonchev–Trinajstić information content (AvgIpc) is 3.09. The van der Waals surface area contributed by atoms with E-state index in [0.717, 1.165) is 35.5 Å². The fourth-order valence-electron chi connectivity index (χ4n) is 2.89. The van der Waals surface area contributed by atoms with Crippen LogP contribution in [0.1, 0.15) is 19.3 Å². The second kappa shape index (κ2) is 5.77. The third kappa shape index (κ3) is 3.27. The molecule has 2 unspecified atom stereocenters. The summed E-state index contributed by atoms with van der Waals surface area (Å²) in [6, 6.07) is 8.05. The van der Waals surface area contributed by atoms with E-state index >= 15 is 0 Å². The second-order valence-corrected chi connectivity index (χ2v) is 8.62. The molecule has 0 aliphatic heterocycles. The van der Waals surface area contributed by atoms with Gasteiger partial charge in [0.25, 0.3) is 0 Å². The molecule has 1 aliphatic rings. The number of sulfone groups is 1. The van der Waals surface area contributed by atoms with E-state index in [1.165, 1.54) is 6.26 Å². The summed E-state index contributed by atoms with van der Waals surface area (Å²) in [6.45, 7) is 0. The molecule has 1 aromatic heterocycles. The molecule has 4 nitrogen and oxygen atoms in total. The van der Waals surface area contributed by atoms with Crippen LogP contribution < -0.4 is 5.32 Å². The summed E-state index contributed by atoms with van der Waals surface area (Å²) >= 11 is 1.61. The number of nitrogens with one attached hydrogen (secondary N) is 1. The Labute approximate surface area is 129 Å². The molecule has 1 fully saturated rings. The molecule has 0 radical (unpaired) electrons. The lowest BCUT2D eigenvalue weighted by Gasteiger charge is -2.20. The normalized spacial score (nSPS) is 22.3. The quantitative estimate of drug-likeness (QED) is 0.939. The maximum atomic E-state index is 11.8. The number of thiazole rings is 1. The van der Waals surface area contributed by atoms with Gasteiger partial charge in [0.2, 0.25) is 0 Å². The SMILES string of the molecule is CS(=O)(=O)C1CCCC1Nc1ccc(-c2nccs2)cc1. The van der Waals surface area contributed by atoms with Gasteiger partial charge in [-0.2, -0.15) is 0 Å². The van der Waals surface area contributed by atoms with Gasteiger partial charge < -0.3 is 5.32 Å². The smallest absolute Gasteiger partial charge is 0.152 e. The fraction of sp³-hybridized carbons (Fsp3) is 0.400. The molecule has 0 amide bonds. The molecule has 3 rings (SSSR count). The Morgan fingerprint density at radius 2 is 2.00 bits per heavy atom. The van der Waals surface area contributed by atoms with Gasteiger partial charge in [0.1, 0.15) is 5.01 Å². The Balaban J connectivity index is 1.73. The molecule has 2 atom stereocenters. The van der Waals surface area contributed by atoms with Crippen LogP contribution in [0.25, 0.3) is 10.6 Å². The molecule has 0 spiro atoms. The second-order valence-electron chi connectivity index (χ2n) is 5.46. The van der Waals surface area contributed by atoms with E-state index in [-0.39, 0.29) is 11.3 Å². The predicted molar refractivity (Wildman–Crippen MR) is 87.4 cm³/mol. The number of hydrogen-bond donors (Lipinski definition) is 1. The number of hydrogen-bond acceptors (Lipinski definition) is 5. The Morgan fingerprint density at radius 3 is 2.62 bits per heavy atom. The standard InChI is InChI=1S/C15H18N2O2S2/c1-21(18,19)14-4-2-3-13(14)17-12-7-5-11(6-8-12)15-16-9-10-20-15/h5-10,13-14,17H,2-4H2,1H3. The Kier molecular flexibility index (Phi) is 3.99. The van der Waals surface area contributed by atoms with Gasteiger partial charge in [-0.3, -0.25) is 0 Å². The Bertz CT molecular complexity index is 694. The molecule has 1 saturated carbocycles. The summed E-state index contributed by atoms with van der Waals surface area (Å²) in [5.74, 6) is 0. The minimum absolute atomic E-state index is 0.0192. The van der Waals surface area contributed by atoms with Crippen molar-refractivity contribution in [1.29, 1.82) is 0 Å². The van der Waals surface area contributed by atoms with Crippen molar-refractivity contribution < 1.29 is 8.42 Å². The first-order chi connectivity index (χ1) is 10.0. The van der Waals surface area contributed by atoms with Crippen LogP contribution in [0.15, 0.2) is 35.8 Å². The summed E-state index contributed by atoms with van der Waals surface area (Å²) in [6.07, 6.45) is 5.76. The van der Waals surface area contributed by atoms with Gasteiger partial charge in [-0.15, -0.1) is 11.3 Å². The van der Waals surface area contributed by atoms with Crippen molar-refractivity contribution in [2.24, 2.45) is 0 Å². The monoisotopic (exact) mass is 322 g/mol. The molecule has 1 aromatic carbocycles.